The van der Waals surface area contributed by atoms with Crippen molar-refractivity contribution in [3.8, 4) is 11.4 Å². The zero-order valence-corrected chi connectivity index (χ0v) is 18.5. The third-order valence-corrected chi connectivity index (χ3v) is 5.85. The number of nitrogens with one attached hydrogen (secondary N) is 1. The lowest BCUT2D eigenvalue weighted by molar-refractivity contribution is 0.203. The van der Waals surface area contributed by atoms with Gasteiger partial charge in [-0.2, -0.15) is 4.98 Å². The first-order chi connectivity index (χ1) is 16.1. The summed E-state index contributed by atoms with van der Waals surface area (Å²) in [5, 5.41) is 7.38. The molecule has 164 valence electrons. The number of hydrogen-bond acceptors (Lipinski definition) is 4. The van der Waals surface area contributed by atoms with Crippen LogP contribution < -0.4 is 5.32 Å². The smallest absolute Gasteiger partial charge is 0.322 e. The van der Waals surface area contributed by atoms with Gasteiger partial charge in [0.1, 0.15) is 0 Å². The van der Waals surface area contributed by atoms with E-state index in [4.69, 9.17) is 9.51 Å². The number of carbonyl (C=O) groups excluding carboxylic acids is 1. The van der Waals surface area contributed by atoms with Crippen LogP contribution in [0.4, 0.5) is 4.79 Å². The largest absolute Gasteiger partial charge is 0.334 e. The van der Waals surface area contributed by atoms with E-state index in [-0.39, 0.29) is 6.03 Å². The molecule has 1 atom stereocenters. The number of aryl methyl sites for hydroxylation is 1. The van der Waals surface area contributed by atoms with Crippen LogP contribution in [-0.4, -0.2) is 21.1 Å². The minimum absolute atomic E-state index is 0.160. The molecule has 6 nitrogen and oxygen atoms in total. The highest BCUT2D eigenvalue weighted by atomic mass is 16.5. The highest BCUT2D eigenvalue weighted by molar-refractivity contribution is 5.86. The fourth-order valence-electron chi connectivity index (χ4n) is 4.14. The number of carbonyl (C=O) groups is 1. The number of rotatable bonds is 5. The van der Waals surface area contributed by atoms with Gasteiger partial charge in [-0.25, -0.2) is 4.79 Å². The Labute approximate surface area is 192 Å². The summed E-state index contributed by atoms with van der Waals surface area (Å²) in [6.07, 6.45) is 0. The van der Waals surface area contributed by atoms with Gasteiger partial charge in [0.25, 0.3) is 5.89 Å². The summed E-state index contributed by atoms with van der Waals surface area (Å²) < 4.78 is 5.76. The van der Waals surface area contributed by atoms with Gasteiger partial charge in [0.15, 0.2) is 0 Å². The fraction of sp³-hybridized carbons (Fsp3) is 0.148. The highest BCUT2D eigenvalue weighted by Gasteiger charge is 2.35. The molecule has 0 radical (unpaired) electrons. The van der Waals surface area contributed by atoms with Crippen molar-refractivity contribution in [2.45, 2.75) is 26.4 Å². The van der Waals surface area contributed by atoms with Gasteiger partial charge in [-0.1, -0.05) is 89.6 Å². The molecule has 0 fully saturated rings. The van der Waals surface area contributed by atoms with E-state index in [9.17, 15) is 4.79 Å². The van der Waals surface area contributed by atoms with E-state index >= 15 is 0 Å². The lowest BCUT2D eigenvalue weighted by atomic mass is 9.94. The van der Waals surface area contributed by atoms with Gasteiger partial charge in [0, 0.05) is 11.3 Å². The van der Waals surface area contributed by atoms with Crippen LogP contribution in [0.25, 0.3) is 17.0 Å². The van der Waals surface area contributed by atoms with E-state index in [1.165, 1.54) is 0 Å². The molecule has 1 aliphatic rings. The van der Waals surface area contributed by atoms with Gasteiger partial charge in [0.2, 0.25) is 5.82 Å². The van der Waals surface area contributed by atoms with Crippen molar-refractivity contribution >= 4 is 11.6 Å². The van der Waals surface area contributed by atoms with Crippen LogP contribution in [0.1, 0.15) is 35.5 Å². The molecule has 4 aromatic rings. The second-order valence-electron chi connectivity index (χ2n) is 8.16. The van der Waals surface area contributed by atoms with Crippen molar-refractivity contribution in [1.82, 2.24) is 20.4 Å². The molecule has 0 aliphatic carbocycles. The normalized spacial score (nSPS) is 16.1. The number of amides is 2. The van der Waals surface area contributed by atoms with Gasteiger partial charge in [-0.15, -0.1) is 0 Å². The quantitative estimate of drug-likeness (QED) is 0.433. The molecule has 0 saturated carbocycles. The minimum Gasteiger partial charge on any atom is -0.334 e. The molecule has 2 heterocycles. The van der Waals surface area contributed by atoms with Gasteiger partial charge in [0.05, 0.1) is 18.2 Å². The Morgan fingerprint density at radius 3 is 2.39 bits per heavy atom. The van der Waals surface area contributed by atoms with Crippen molar-refractivity contribution in [2.24, 2.45) is 0 Å². The molecular weight excluding hydrogens is 412 g/mol. The summed E-state index contributed by atoms with van der Waals surface area (Å²) in [5.41, 5.74) is 5.58. The van der Waals surface area contributed by atoms with Crippen molar-refractivity contribution in [2.75, 3.05) is 0 Å². The predicted octanol–water partition coefficient (Wildman–Crippen LogP) is 5.74. The van der Waals surface area contributed by atoms with E-state index in [0.717, 1.165) is 33.5 Å². The maximum atomic E-state index is 13.1. The van der Waals surface area contributed by atoms with E-state index in [1.54, 1.807) is 4.90 Å². The molecule has 1 aliphatic heterocycles. The van der Waals surface area contributed by atoms with Crippen LogP contribution in [0.3, 0.4) is 0 Å². The SMILES string of the molecule is CC1=C(c2nc(-c3cccc(C)c3)no2)C(c2ccccc2)NC(=O)N1Cc1ccccc1. The number of allylic oxidation sites excluding steroid dienone is 1. The number of urea groups is 1. The summed E-state index contributed by atoms with van der Waals surface area (Å²) in [6.45, 7) is 4.41. The lowest BCUT2D eigenvalue weighted by Crippen LogP contribution is -2.45. The standard InChI is InChI=1S/C27H24N4O2/c1-18-10-9-15-22(16-18)25-29-26(33-30-25)23-19(2)31(17-20-11-5-3-6-12-20)27(32)28-24(23)21-13-7-4-8-14-21/h3-16,24H,17H2,1-2H3,(H,28,32). The summed E-state index contributed by atoms with van der Waals surface area (Å²) in [5.74, 6) is 0.920. The molecule has 6 heteroatoms. The molecular formula is C27H24N4O2. The summed E-state index contributed by atoms with van der Waals surface area (Å²) in [6, 6.07) is 27.2. The fourth-order valence-corrected chi connectivity index (χ4v) is 4.14. The molecule has 1 aromatic heterocycles. The predicted molar refractivity (Wildman–Crippen MR) is 127 cm³/mol. The van der Waals surface area contributed by atoms with E-state index < -0.39 is 6.04 Å². The minimum atomic E-state index is -0.392. The molecule has 1 unspecified atom stereocenters. The van der Waals surface area contributed by atoms with Crippen LogP contribution in [0.15, 0.2) is 95.1 Å². The zero-order chi connectivity index (χ0) is 22.8. The van der Waals surface area contributed by atoms with Crippen molar-refractivity contribution in [3.63, 3.8) is 0 Å². The van der Waals surface area contributed by atoms with Gasteiger partial charge < -0.3 is 9.84 Å². The second-order valence-corrected chi connectivity index (χ2v) is 8.16. The van der Waals surface area contributed by atoms with Crippen LogP contribution in [0.5, 0.6) is 0 Å². The van der Waals surface area contributed by atoms with Crippen LogP contribution in [-0.2, 0) is 6.54 Å². The van der Waals surface area contributed by atoms with Gasteiger partial charge >= 0.3 is 6.03 Å². The number of nitrogens with zero attached hydrogens (tertiary/aromatic N) is 3. The average Bonchev–Trinajstić information content (AvgIpc) is 3.32. The highest BCUT2D eigenvalue weighted by Crippen LogP contribution is 2.37. The van der Waals surface area contributed by atoms with Crippen LogP contribution >= 0.6 is 0 Å². The Hall–Kier alpha value is -4.19. The Morgan fingerprint density at radius 2 is 1.67 bits per heavy atom. The van der Waals surface area contributed by atoms with Crippen LogP contribution in [0.2, 0.25) is 0 Å². The first kappa shape index (κ1) is 20.7. The molecule has 2 amide bonds. The zero-order valence-electron chi connectivity index (χ0n) is 18.5. The second kappa shape index (κ2) is 8.74. The first-order valence-corrected chi connectivity index (χ1v) is 10.9. The molecule has 33 heavy (non-hydrogen) atoms. The topological polar surface area (TPSA) is 71.3 Å². The summed E-state index contributed by atoms with van der Waals surface area (Å²) >= 11 is 0. The third-order valence-electron chi connectivity index (χ3n) is 5.85. The monoisotopic (exact) mass is 436 g/mol. The maximum Gasteiger partial charge on any atom is 0.322 e. The van der Waals surface area contributed by atoms with Crippen LogP contribution in [0, 0.1) is 6.92 Å². The maximum absolute atomic E-state index is 13.1. The lowest BCUT2D eigenvalue weighted by Gasteiger charge is -2.35. The summed E-state index contributed by atoms with van der Waals surface area (Å²) in [7, 11) is 0. The van der Waals surface area contributed by atoms with Crippen molar-refractivity contribution in [3.05, 3.63) is 113 Å². The first-order valence-electron chi connectivity index (χ1n) is 10.9. The Bertz CT molecular complexity index is 1310. The van der Waals surface area contributed by atoms with Crippen molar-refractivity contribution in [1.29, 1.82) is 0 Å². The van der Waals surface area contributed by atoms with Gasteiger partial charge in [-0.3, -0.25) is 4.90 Å². The van der Waals surface area contributed by atoms with Crippen molar-refractivity contribution < 1.29 is 9.32 Å². The molecule has 0 bridgehead atoms. The summed E-state index contributed by atoms with van der Waals surface area (Å²) in [4.78, 5) is 19.6. The number of aromatic nitrogens is 2. The Balaban J connectivity index is 1.60. The Morgan fingerprint density at radius 1 is 0.939 bits per heavy atom. The van der Waals surface area contributed by atoms with E-state index in [1.807, 2.05) is 98.8 Å². The number of benzene rings is 3. The van der Waals surface area contributed by atoms with E-state index in [2.05, 4.69) is 10.5 Å². The molecule has 0 saturated heterocycles. The van der Waals surface area contributed by atoms with E-state index in [0.29, 0.717) is 18.3 Å². The number of hydrogen-bond donors (Lipinski definition) is 1. The average molecular weight is 437 g/mol. The van der Waals surface area contributed by atoms with Gasteiger partial charge in [-0.05, 0) is 31.0 Å². The molecule has 1 N–H and O–H groups in total. The molecule has 5 rings (SSSR count). The molecule has 0 spiro atoms. The third kappa shape index (κ3) is 4.15. The molecule has 3 aromatic carbocycles. The Kier molecular flexibility index (Phi) is 5.48.